The standard InChI is InChI=1S/C17H35N5O3/c1-17(2,3)25-16(23)22-12-10-21(11-13-22)9-8-20-15(18-4)19-7-6-14-24-5/h6-14H2,1-5H3,(H2,18,19,20). The van der Waals surface area contributed by atoms with Gasteiger partial charge in [0.15, 0.2) is 5.96 Å². The van der Waals surface area contributed by atoms with Gasteiger partial charge in [-0.15, -0.1) is 0 Å². The first-order valence-corrected chi connectivity index (χ1v) is 8.99. The van der Waals surface area contributed by atoms with E-state index in [9.17, 15) is 4.79 Å². The maximum Gasteiger partial charge on any atom is 0.410 e. The summed E-state index contributed by atoms with van der Waals surface area (Å²) in [4.78, 5) is 20.4. The predicted molar refractivity (Wildman–Crippen MR) is 100 cm³/mol. The molecule has 146 valence electrons. The molecule has 0 atom stereocenters. The number of guanidine groups is 1. The van der Waals surface area contributed by atoms with E-state index in [1.54, 1.807) is 19.1 Å². The van der Waals surface area contributed by atoms with Gasteiger partial charge in [0.25, 0.3) is 0 Å². The van der Waals surface area contributed by atoms with Crippen LogP contribution in [0.3, 0.4) is 0 Å². The van der Waals surface area contributed by atoms with Crippen molar-refractivity contribution < 1.29 is 14.3 Å². The molecule has 0 aromatic rings. The van der Waals surface area contributed by atoms with Crippen LogP contribution in [0.2, 0.25) is 0 Å². The lowest BCUT2D eigenvalue weighted by atomic mass is 10.2. The van der Waals surface area contributed by atoms with Crippen LogP contribution in [0.25, 0.3) is 0 Å². The molecule has 1 fully saturated rings. The van der Waals surface area contributed by atoms with Gasteiger partial charge >= 0.3 is 6.09 Å². The minimum Gasteiger partial charge on any atom is -0.444 e. The Morgan fingerprint density at radius 1 is 1.12 bits per heavy atom. The zero-order chi connectivity index (χ0) is 18.7. The minimum absolute atomic E-state index is 0.217. The number of piperazine rings is 1. The number of aliphatic imine (C=N–C) groups is 1. The third kappa shape index (κ3) is 9.50. The number of hydrogen-bond donors (Lipinski definition) is 2. The van der Waals surface area contributed by atoms with Crippen LogP contribution in [0.15, 0.2) is 4.99 Å². The zero-order valence-corrected chi connectivity index (χ0v) is 16.4. The van der Waals surface area contributed by atoms with Crippen molar-refractivity contribution in [3.8, 4) is 0 Å². The number of nitrogens with one attached hydrogen (secondary N) is 2. The molecule has 0 spiro atoms. The van der Waals surface area contributed by atoms with Crippen molar-refractivity contribution >= 4 is 12.1 Å². The van der Waals surface area contributed by atoms with Crippen LogP contribution in [-0.2, 0) is 9.47 Å². The average molecular weight is 357 g/mol. The van der Waals surface area contributed by atoms with Crippen molar-refractivity contribution in [1.82, 2.24) is 20.4 Å². The Morgan fingerprint density at radius 2 is 1.76 bits per heavy atom. The highest BCUT2D eigenvalue weighted by atomic mass is 16.6. The van der Waals surface area contributed by atoms with E-state index in [1.807, 2.05) is 20.8 Å². The second-order valence-electron chi connectivity index (χ2n) is 7.08. The summed E-state index contributed by atoms with van der Waals surface area (Å²) in [6.45, 7) is 12.1. The topological polar surface area (TPSA) is 78.4 Å². The first kappa shape index (κ1) is 21.5. The molecule has 0 radical (unpaired) electrons. The summed E-state index contributed by atoms with van der Waals surface area (Å²) in [7, 11) is 3.47. The fourth-order valence-electron chi connectivity index (χ4n) is 2.46. The molecule has 25 heavy (non-hydrogen) atoms. The fourth-order valence-corrected chi connectivity index (χ4v) is 2.46. The van der Waals surface area contributed by atoms with Crippen LogP contribution in [0.4, 0.5) is 4.79 Å². The molecule has 0 aromatic carbocycles. The van der Waals surface area contributed by atoms with Crippen molar-refractivity contribution in [3.63, 3.8) is 0 Å². The number of nitrogens with zero attached hydrogens (tertiary/aromatic N) is 3. The summed E-state index contributed by atoms with van der Waals surface area (Å²) < 4.78 is 10.4. The van der Waals surface area contributed by atoms with E-state index in [1.165, 1.54) is 0 Å². The fraction of sp³-hybridized carbons (Fsp3) is 0.882. The summed E-state index contributed by atoms with van der Waals surface area (Å²) in [6, 6.07) is 0. The highest BCUT2D eigenvalue weighted by molar-refractivity contribution is 5.79. The number of hydrogen-bond acceptors (Lipinski definition) is 5. The molecule has 1 saturated heterocycles. The minimum atomic E-state index is -0.440. The van der Waals surface area contributed by atoms with E-state index in [2.05, 4.69) is 20.5 Å². The highest BCUT2D eigenvalue weighted by Crippen LogP contribution is 2.11. The number of carbonyl (C=O) groups excluding carboxylic acids is 1. The Bertz CT molecular complexity index is 415. The summed E-state index contributed by atoms with van der Waals surface area (Å²) >= 11 is 0. The van der Waals surface area contributed by atoms with E-state index >= 15 is 0 Å². The SMILES string of the molecule is CN=C(NCCCOC)NCCN1CCN(C(=O)OC(C)(C)C)CC1. The summed E-state index contributed by atoms with van der Waals surface area (Å²) in [5.41, 5.74) is -0.440. The molecule has 1 aliphatic heterocycles. The van der Waals surface area contributed by atoms with Crippen molar-refractivity contribution in [3.05, 3.63) is 0 Å². The number of ether oxygens (including phenoxy) is 2. The molecule has 2 N–H and O–H groups in total. The molecule has 0 unspecified atom stereocenters. The van der Waals surface area contributed by atoms with E-state index < -0.39 is 5.60 Å². The Morgan fingerprint density at radius 3 is 2.32 bits per heavy atom. The third-order valence-electron chi connectivity index (χ3n) is 3.79. The van der Waals surface area contributed by atoms with Crippen LogP contribution in [-0.4, -0.2) is 94.0 Å². The summed E-state index contributed by atoms with van der Waals surface area (Å²) in [5, 5.41) is 6.57. The largest absolute Gasteiger partial charge is 0.444 e. The summed E-state index contributed by atoms with van der Waals surface area (Å²) in [6.07, 6.45) is 0.732. The van der Waals surface area contributed by atoms with Gasteiger partial charge in [-0.1, -0.05) is 0 Å². The molecule has 8 heteroatoms. The van der Waals surface area contributed by atoms with Gasteiger partial charge in [-0.05, 0) is 27.2 Å². The van der Waals surface area contributed by atoms with Crippen LogP contribution >= 0.6 is 0 Å². The van der Waals surface area contributed by atoms with E-state index in [-0.39, 0.29) is 6.09 Å². The predicted octanol–water partition coefficient (Wildman–Crippen LogP) is 0.741. The van der Waals surface area contributed by atoms with Crippen molar-refractivity contribution in [2.75, 3.05) is 66.6 Å². The van der Waals surface area contributed by atoms with Crippen LogP contribution in [0.1, 0.15) is 27.2 Å². The van der Waals surface area contributed by atoms with Gasteiger partial charge in [-0.2, -0.15) is 0 Å². The molecule has 1 amide bonds. The maximum absolute atomic E-state index is 12.0. The van der Waals surface area contributed by atoms with Crippen molar-refractivity contribution in [2.24, 2.45) is 4.99 Å². The van der Waals surface area contributed by atoms with Gasteiger partial charge in [-0.25, -0.2) is 4.79 Å². The molecular formula is C17H35N5O3. The normalized spacial score (nSPS) is 16.7. The van der Waals surface area contributed by atoms with Gasteiger partial charge in [0.05, 0.1) is 0 Å². The number of rotatable bonds is 7. The van der Waals surface area contributed by atoms with Crippen molar-refractivity contribution in [2.45, 2.75) is 32.8 Å². The molecule has 0 saturated carbocycles. The molecule has 0 bridgehead atoms. The Balaban J connectivity index is 2.18. The van der Waals surface area contributed by atoms with Gasteiger partial charge in [0.2, 0.25) is 0 Å². The molecular weight excluding hydrogens is 322 g/mol. The average Bonchev–Trinajstić information content (AvgIpc) is 2.56. The first-order chi connectivity index (χ1) is 11.9. The maximum atomic E-state index is 12.0. The van der Waals surface area contributed by atoms with E-state index in [0.29, 0.717) is 13.1 Å². The number of carbonyl (C=O) groups is 1. The van der Waals surface area contributed by atoms with E-state index in [0.717, 1.165) is 51.7 Å². The van der Waals surface area contributed by atoms with Gasteiger partial charge in [0, 0.05) is 66.6 Å². The Hall–Kier alpha value is -1.54. The smallest absolute Gasteiger partial charge is 0.410 e. The third-order valence-corrected chi connectivity index (χ3v) is 3.79. The molecule has 0 aliphatic carbocycles. The highest BCUT2D eigenvalue weighted by Gasteiger charge is 2.25. The summed E-state index contributed by atoms with van der Waals surface area (Å²) in [5.74, 6) is 0.809. The number of amides is 1. The molecule has 1 heterocycles. The lowest BCUT2D eigenvalue weighted by Gasteiger charge is -2.35. The van der Waals surface area contributed by atoms with Gasteiger partial charge in [-0.3, -0.25) is 9.89 Å². The molecule has 0 aromatic heterocycles. The second kappa shape index (κ2) is 11.1. The molecule has 1 rings (SSSR count). The quantitative estimate of drug-likeness (QED) is 0.398. The zero-order valence-electron chi connectivity index (χ0n) is 16.4. The van der Waals surface area contributed by atoms with Crippen LogP contribution in [0.5, 0.6) is 0 Å². The van der Waals surface area contributed by atoms with E-state index in [4.69, 9.17) is 9.47 Å². The van der Waals surface area contributed by atoms with Crippen LogP contribution in [0, 0.1) is 0 Å². The Kier molecular flexibility index (Phi) is 9.59. The van der Waals surface area contributed by atoms with Gasteiger partial charge < -0.3 is 25.0 Å². The second-order valence-corrected chi connectivity index (χ2v) is 7.08. The monoisotopic (exact) mass is 357 g/mol. The van der Waals surface area contributed by atoms with Gasteiger partial charge in [0.1, 0.15) is 5.60 Å². The van der Waals surface area contributed by atoms with Crippen LogP contribution < -0.4 is 10.6 Å². The number of methoxy groups -OCH3 is 1. The Labute approximate surface area is 151 Å². The first-order valence-electron chi connectivity index (χ1n) is 8.99. The molecule has 8 nitrogen and oxygen atoms in total. The van der Waals surface area contributed by atoms with Crippen molar-refractivity contribution in [1.29, 1.82) is 0 Å². The lowest BCUT2D eigenvalue weighted by Crippen LogP contribution is -2.51. The molecule has 1 aliphatic rings. The lowest BCUT2D eigenvalue weighted by molar-refractivity contribution is 0.0147.